The van der Waals surface area contributed by atoms with E-state index in [1.54, 1.807) is 24.5 Å². The lowest BCUT2D eigenvalue weighted by atomic mass is 9.99. The third-order valence-corrected chi connectivity index (χ3v) is 4.00. The molecule has 1 aliphatic carbocycles. The Morgan fingerprint density at radius 3 is 2.87 bits per heavy atom. The van der Waals surface area contributed by atoms with Crippen LogP contribution >= 0.6 is 0 Å². The van der Waals surface area contributed by atoms with Gasteiger partial charge in [-0.1, -0.05) is 18.2 Å². The molecule has 0 radical (unpaired) electrons. The number of primary amides is 1. The quantitative estimate of drug-likeness (QED) is 0.672. The Balaban J connectivity index is 1.90. The Morgan fingerprint density at radius 1 is 1.26 bits per heavy atom. The molecule has 1 atom stereocenters. The van der Waals surface area contributed by atoms with E-state index in [-0.39, 0.29) is 5.69 Å². The number of nitrogens with two attached hydrogens (primary N) is 1. The van der Waals surface area contributed by atoms with Crippen molar-refractivity contribution in [2.45, 2.75) is 12.5 Å². The molecule has 114 valence electrons. The molecular weight excluding hydrogens is 292 g/mol. The maximum atomic E-state index is 11.3. The van der Waals surface area contributed by atoms with Crippen molar-refractivity contribution < 1.29 is 9.90 Å². The number of fused-ring (bicyclic) bond motifs is 3. The van der Waals surface area contributed by atoms with E-state index in [4.69, 9.17) is 5.73 Å². The largest absolute Gasteiger partial charge is 0.389 e. The van der Waals surface area contributed by atoms with Crippen molar-refractivity contribution in [2.24, 2.45) is 5.73 Å². The number of aliphatic hydroxyl groups is 1. The van der Waals surface area contributed by atoms with Crippen LogP contribution in [0, 0.1) is 0 Å². The van der Waals surface area contributed by atoms with Crippen LogP contribution in [0.25, 0.3) is 27.5 Å². The van der Waals surface area contributed by atoms with E-state index < -0.39 is 12.0 Å². The first-order valence-electron chi connectivity index (χ1n) is 7.26. The smallest absolute Gasteiger partial charge is 0.267 e. The monoisotopic (exact) mass is 306 g/mol. The molecule has 6 nitrogen and oxygen atoms in total. The Bertz CT molecular complexity index is 1000. The molecule has 0 bridgehead atoms. The third kappa shape index (κ3) is 2.29. The van der Waals surface area contributed by atoms with E-state index in [1.807, 2.05) is 18.2 Å². The molecule has 4 N–H and O–H groups in total. The Labute approximate surface area is 131 Å². The van der Waals surface area contributed by atoms with Crippen LogP contribution in [0.15, 0.2) is 42.8 Å². The van der Waals surface area contributed by atoms with E-state index in [2.05, 4.69) is 15.0 Å². The summed E-state index contributed by atoms with van der Waals surface area (Å²) in [7, 11) is 0. The molecule has 4 rings (SSSR count). The lowest BCUT2D eigenvalue weighted by Gasteiger charge is -2.11. The first kappa shape index (κ1) is 13.7. The van der Waals surface area contributed by atoms with E-state index >= 15 is 0 Å². The Morgan fingerprint density at radius 2 is 2.13 bits per heavy atom. The van der Waals surface area contributed by atoms with Gasteiger partial charge < -0.3 is 15.8 Å². The number of hydrogen-bond acceptors (Lipinski definition) is 4. The number of nitrogens with zero attached hydrogens (tertiary/aromatic N) is 2. The second kappa shape index (κ2) is 5.03. The topological polar surface area (TPSA) is 105 Å². The number of rotatable bonds is 2. The number of H-pyrrole nitrogens is 1. The number of aromatic amines is 1. The van der Waals surface area contributed by atoms with Gasteiger partial charge in [0.2, 0.25) is 0 Å². The van der Waals surface area contributed by atoms with Crippen LogP contribution in [0.2, 0.25) is 0 Å². The zero-order valence-corrected chi connectivity index (χ0v) is 12.2. The zero-order valence-electron chi connectivity index (χ0n) is 12.2. The number of hydrogen-bond donors (Lipinski definition) is 3. The highest BCUT2D eigenvalue weighted by molar-refractivity contribution is 6.08. The second-order valence-corrected chi connectivity index (χ2v) is 5.55. The number of amides is 1. The fourth-order valence-corrected chi connectivity index (χ4v) is 2.79. The summed E-state index contributed by atoms with van der Waals surface area (Å²) in [6.45, 7) is 0. The maximum absolute atomic E-state index is 11.3. The molecule has 3 heterocycles. The average molecular weight is 306 g/mol. The normalized spacial score (nSPS) is 17.6. The molecule has 3 aromatic heterocycles. The van der Waals surface area contributed by atoms with Crippen LogP contribution in [0.3, 0.4) is 0 Å². The van der Waals surface area contributed by atoms with E-state index in [9.17, 15) is 9.90 Å². The minimum atomic E-state index is -0.558. The molecule has 1 amide bonds. The van der Waals surface area contributed by atoms with Crippen molar-refractivity contribution in [3.05, 3.63) is 54.0 Å². The minimum Gasteiger partial charge on any atom is -0.389 e. The third-order valence-electron chi connectivity index (χ3n) is 4.00. The maximum Gasteiger partial charge on any atom is 0.267 e. The average Bonchev–Trinajstić information content (AvgIpc) is 2.92. The van der Waals surface area contributed by atoms with Crippen molar-refractivity contribution in [1.82, 2.24) is 15.0 Å². The highest BCUT2D eigenvalue weighted by Gasteiger charge is 2.12. The minimum absolute atomic E-state index is 0.226. The predicted octanol–water partition coefficient (Wildman–Crippen LogP) is 1.91. The van der Waals surface area contributed by atoms with Gasteiger partial charge in [0, 0.05) is 22.5 Å². The molecule has 0 fully saturated rings. The van der Waals surface area contributed by atoms with Gasteiger partial charge >= 0.3 is 0 Å². The summed E-state index contributed by atoms with van der Waals surface area (Å²) in [4.78, 5) is 23.0. The Kier molecular flexibility index (Phi) is 2.99. The van der Waals surface area contributed by atoms with Crippen LogP contribution in [-0.2, 0) is 0 Å². The summed E-state index contributed by atoms with van der Waals surface area (Å²) in [6.07, 6.45) is 9.19. The van der Waals surface area contributed by atoms with Crippen LogP contribution in [0.1, 0.15) is 22.5 Å². The lowest BCUT2D eigenvalue weighted by molar-refractivity contribution is 0.0996. The molecule has 0 aliphatic heterocycles. The van der Waals surface area contributed by atoms with Crippen molar-refractivity contribution in [2.75, 3.05) is 0 Å². The summed E-state index contributed by atoms with van der Waals surface area (Å²) < 4.78 is 0. The molecule has 23 heavy (non-hydrogen) atoms. The first-order valence-corrected chi connectivity index (χ1v) is 7.26. The molecule has 1 aliphatic rings. The SMILES string of the molecule is NC(=O)c1cc2c(cn1)[nH]c1ncc(C3=CC[C@H](O)C=C3)cc12. The molecule has 3 aromatic rings. The van der Waals surface area contributed by atoms with E-state index in [0.29, 0.717) is 6.42 Å². The van der Waals surface area contributed by atoms with E-state index in [1.165, 1.54) is 0 Å². The van der Waals surface area contributed by atoms with Gasteiger partial charge in [0.05, 0.1) is 17.8 Å². The van der Waals surface area contributed by atoms with Gasteiger partial charge in [-0.15, -0.1) is 0 Å². The number of pyridine rings is 2. The van der Waals surface area contributed by atoms with Gasteiger partial charge in [-0.25, -0.2) is 9.97 Å². The van der Waals surface area contributed by atoms with E-state index in [0.717, 1.165) is 33.1 Å². The van der Waals surface area contributed by atoms with Gasteiger partial charge in [-0.3, -0.25) is 4.79 Å². The summed E-state index contributed by atoms with van der Waals surface area (Å²) in [5.74, 6) is -0.558. The molecular formula is C17H14N4O2. The molecule has 0 spiro atoms. The summed E-state index contributed by atoms with van der Waals surface area (Å²) >= 11 is 0. The molecule has 0 saturated heterocycles. The van der Waals surface area contributed by atoms with Crippen molar-refractivity contribution in [3.8, 4) is 0 Å². The van der Waals surface area contributed by atoms with Gasteiger partial charge in [0.25, 0.3) is 5.91 Å². The second-order valence-electron chi connectivity index (χ2n) is 5.55. The first-order chi connectivity index (χ1) is 11.1. The molecule has 0 unspecified atom stereocenters. The fraction of sp³-hybridized carbons (Fsp3) is 0.118. The van der Waals surface area contributed by atoms with Crippen LogP contribution in [-0.4, -0.2) is 32.1 Å². The number of carbonyl (C=O) groups excluding carboxylic acids is 1. The summed E-state index contributed by atoms with van der Waals surface area (Å²) in [6, 6.07) is 3.69. The number of allylic oxidation sites excluding steroid dienone is 2. The van der Waals surface area contributed by atoms with Gasteiger partial charge in [0.15, 0.2) is 0 Å². The van der Waals surface area contributed by atoms with Crippen molar-refractivity contribution >= 4 is 33.4 Å². The van der Waals surface area contributed by atoms with Gasteiger partial charge in [-0.2, -0.15) is 0 Å². The van der Waals surface area contributed by atoms with Crippen molar-refractivity contribution in [3.63, 3.8) is 0 Å². The van der Waals surface area contributed by atoms with Gasteiger partial charge in [-0.05, 0) is 24.1 Å². The molecule has 0 saturated carbocycles. The number of nitrogens with one attached hydrogen (secondary N) is 1. The van der Waals surface area contributed by atoms with Crippen molar-refractivity contribution in [1.29, 1.82) is 0 Å². The summed E-state index contributed by atoms with van der Waals surface area (Å²) in [5.41, 5.74) is 9.04. The summed E-state index contributed by atoms with van der Waals surface area (Å²) in [5, 5.41) is 11.3. The number of aromatic nitrogens is 3. The van der Waals surface area contributed by atoms with Crippen LogP contribution in [0.5, 0.6) is 0 Å². The van der Waals surface area contributed by atoms with Crippen LogP contribution in [0.4, 0.5) is 0 Å². The highest BCUT2D eigenvalue weighted by atomic mass is 16.3. The standard InChI is InChI=1S/C17H14N4O2/c18-16(23)14-6-12-13-5-10(9-1-3-11(22)4-2-9)7-20-17(13)21-15(12)8-19-14/h1-3,5-8,11,22H,4H2,(H2,18,23)(H,20,21)/t11-/m1/s1. The number of aliphatic hydroxyl groups excluding tert-OH is 1. The Hall–Kier alpha value is -2.99. The predicted molar refractivity (Wildman–Crippen MR) is 87.7 cm³/mol. The number of carbonyl (C=O) groups is 1. The van der Waals surface area contributed by atoms with Crippen LogP contribution < -0.4 is 5.73 Å². The molecule has 6 heteroatoms. The fourth-order valence-electron chi connectivity index (χ4n) is 2.79. The lowest BCUT2D eigenvalue weighted by Crippen LogP contribution is -2.12. The van der Waals surface area contributed by atoms with Gasteiger partial charge in [0.1, 0.15) is 11.3 Å². The zero-order chi connectivity index (χ0) is 16.0. The highest BCUT2D eigenvalue weighted by Crippen LogP contribution is 2.28. The molecule has 0 aromatic carbocycles.